The Balaban J connectivity index is 2.82. The number of rotatable bonds is 11. The molecule has 5 nitrogen and oxygen atoms in total. The molecule has 0 amide bonds. The van der Waals surface area contributed by atoms with E-state index in [0.717, 1.165) is 17.6 Å². The van der Waals surface area contributed by atoms with Crippen molar-refractivity contribution in [2.45, 2.75) is 50.6 Å². The van der Waals surface area contributed by atoms with Gasteiger partial charge in [-0.1, -0.05) is 49.6 Å². The minimum atomic E-state index is 0.182. The van der Waals surface area contributed by atoms with E-state index in [-0.39, 0.29) is 6.04 Å². The van der Waals surface area contributed by atoms with Gasteiger partial charge in [-0.2, -0.15) is 0 Å². The molecule has 1 aliphatic rings. The van der Waals surface area contributed by atoms with Crippen molar-refractivity contribution in [3.05, 3.63) is 59.9 Å². The van der Waals surface area contributed by atoms with Crippen molar-refractivity contribution < 1.29 is 0 Å². The van der Waals surface area contributed by atoms with Crippen molar-refractivity contribution in [3.8, 4) is 0 Å². The van der Waals surface area contributed by atoms with Crippen molar-refractivity contribution in [2.24, 2.45) is 15.7 Å². The van der Waals surface area contributed by atoms with Gasteiger partial charge in [0.1, 0.15) is 0 Å². The Morgan fingerprint density at radius 1 is 1.14 bits per heavy atom. The van der Waals surface area contributed by atoms with E-state index in [0.29, 0.717) is 6.04 Å². The highest BCUT2D eigenvalue weighted by Crippen LogP contribution is 2.20. The van der Waals surface area contributed by atoms with Gasteiger partial charge in [0, 0.05) is 37.8 Å². The summed E-state index contributed by atoms with van der Waals surface area (Å²) in [5.41, 5.74) is 7.43. The Kier molecular flexibility index (Phi) is 13.0. The van der Waals surface area contributed by atoms with Crippen LogP contribution in [0.3, 0.4) is 0 Å². The molecule has 1 atom stereocenters. The summed E-state index contributed by atoms with van der Waals surface area (Å²) in [5, 5.41) is 10.6. The van der Waals surface area contributed by atoms with Gasteiger partial charge in [-0.3, -0.25) is 9.98 Å². The normalized spacial score (nSPS) is 19.1. The number of hydrogen-bond acceptors (Lipinski definition) is 5. The molecule has 0 saturated heterocycles. The average molecular weight is 382 g/mol. The maximum atomic E-state index is 7.24. The molecule has 0 aliphatic heterocycles. The monoisotopic (exact) mass is 381 g/mol. The summed E-state index contributed by atoms with van der Waals surface area (Å²) < 4.78 is 0. The molecule has 0 bridgehead atoms. The third-order valence-electron chi connectivity index (χ3n) is 4.57. The zero-order valence-corrected chi connectivity index (χ0v) is 17.2. The van der Waals surface area contributed by atoms with Crippen LogP contribution in [0.15, 0.2) is 69.9 Å². The molecule has 1 fully saturated rings. The van der Waals surface area contributed by atoms with Gasteiger partial charge in [0.25, 0.3) is 0 Å². The first-order valence-electron chi connectivity index (χ1n) is 10.00. The largest absolute Gasteiger partial charge is 0.405 e. The van der Waals surface area contributed by atoms with E-state index in [2.05, 4.69) is 22.5 Å². The predicted molar refractivity (Wildman–Crippen MR) is 124 cm³/mol. The van der Waals surface area contributed by atoms with Crippen molar-refractivity contribution in [1.82, 2.24) is 5.32 Å². The highest BCUT2D eigenvalue weighted by molar-refractivity contribution is 5.84. The lowest BCUT2D eigenvalue weighted by Gasteiger charge is -2.17. The molecule has 1 saturated carbocycles. The Bertz CT molecular complexity index is 644. The first kappa shape index (κ1) is 23.5. The Hall–Kier alpha value is -2.53. The zero-order valence-electron chi connectivity index (χ0n) is 17.2. The number of nitrogens with one attached hydrogen (secondary N) is 2. The highest BCUT2D eigenvalue weighted by Gasteiger charge is 2.10. The minimum Gasteiger partial charge on any atom is -0.405 e. The maximum Gasteiger partial charge on any atom is 0.0499 e. The first-order chi connectivity index (χ1) is 13.7. The van der Waals surface area contributed by atoms with Gasteiger partial charge in [0.15, 0.2) is 0 Å². The van der Waals surface area contributed by atoms with Crippen LogP contribution in [-0.2, 0) is 0 Å². The van der Waals surface area contributed by atoms with E-state index in [9.17, 15) is 0 Å². The number of nitrogens with two attached hydrogens (primary N) is 1. The number of aliphatic imine (C=N–C) groups is 2. The topological polar surface area (TPSA) is 86.6 Å². The Morgan fingerprint density at radius 2 is 1.93 bits per heavy atom. The van der Waals surface area contributed by atoms with Gasteiger partial charge in [-0.15, -0.1) is 0 Å². The molecule has 0 aromatic rings. The number of likely N-dealkylation sites (N-methyl/N-ethyl adjacent to an activating group) is 1. The molecule has 0 unspecified atom stereocenters. The fourth-order valence-corrected chi connectivity index (χ4v) is 2.98. The van der Waals surface area contributed by atoms with E-state index in [1.165, 1.54) is 44.5 Å². The zero-order chi connectivity index (χ0) is 20.5. The Labute approximate surface area is 170 Å². The van der Waals surface area contributed by atoms with Gasteiger partial charge in [-0.05, 0) is 55.8 Å². The van der Waals surface area contributed by atoms with E-state index in [1.54, 1.807) is 25.4 Å². The van der Waals surface area contributed by atoms with Crippen LogP contribution >= 0.6 is 0 Å². The summed E-state index contributed by atoms with van der Waals surface area (Å²) >= 11 is 0. The summed E-state index contributed by atoms with van der Waals surface area (Å²) in [4.78, 5) is 8.84. The second-order valence-corrected chi connectivity index (χ2v) is 6.73. The van der Waals surface area contributed by atoms with Crippen LogP contribution < -0.4 is 11.1 Å². The van der Waals surface area contributed by atoms with Crippen LogP contribution in [0.2, 0.25) is 0 Å². The SMILES string of the molecule is CN=CC(/C=C/[C@@H](C/C=C(C=NC1CCCCC1)\C=C/C=N)NC)=C/C=C\N. The molecule has 1 aliphatic carbocycles. The van der Waals surface area contributed by atoms with Gasteiger partial charge in [0.05, 0.1) is 0 Å². The van der Waals surface area contributed by atoms with Gasteiger partial charge < -0.3 is 16.5 Å². The van der Waals surface area contributed by atoms with Crippen molar-refractivity contribution in [3.63, 3.8) is 0 Å². The fraction of sp³-hybridized carbons (Fsp3) is 0.435. The fourth-order valence-electron chi connectivity index (χ4n) is 2.98. The molecule has 0 aromatic carbocycles. The van der Waals surface area contributed by atoms with Crippen LogP contribution in [-0.4, -0.2) is 44.8 Å². The van der Waals surface area contributed by atoms with Crippen LogP contribution in [0.1, 0.15) is 38.5 Å². The second-order valence-electron chi connectivity index (χ2n) is 6.73. The average Bonchev–Trinajstić information content (AvgIpc) is 2.73. The van der Waals surface area contributed by atoms with E-state index in [1.807, 2.05) is 31.5 Å². The lowest BCUT2D eigenvalue weighted by Crippen LogP contribution is -2.22. The van der Waals surface area contributed by atoms with Crippen LogP contribution in [0, 0.1) is 5.41 Å². The molecular formula is C23H35N5. The van der Waals surface area contributed by atoms with Gasteiger partial charge in [-0.25, -0.2) is 0 Å². The molecule has 28 heavy (non-hydrogen) atoms. The van der Waals surface area contributed by atoms with E-state index >= 15 is 0 Å². The third-order valence-corrected chi connectivity index (χ3v) is 4.57. The lowest BCUT2D eigenvalue weighted by molar-refractivity contribution is 0.444. The van der Waals surface area contributed by atoms with Gasteiger partial charge in [0.2, 0.25) is 0 Å². The molecule has 1 rings (SSSR count). The van der Waals surface area contributed by atoms with Crippen LogP contribution in [0.4, 0.5) is 0 Å². The summed E-state index contributed by atoms with van der Waals surface area (Å²) in [6.07, 6.45) is 27.3. The van der Waals surface area contributed by atoms with E-state index in [4.69, 9.17) is 16.1 Å². The molecule has 0 aromatic heterocycles. The molecule has 0 radical (unpaired) electrons. The first-order valence-corrected chi connectivity index (χ1v) is 10.00. The lowest BCUT2D eigenvalue weighted by atomic mass is 9.96. The summed E-state index contributed by atoms with van der Waals surface area (Å²) in [7, 11) is 3.70. The summed E-state index contributed by atoms with van der Waals surface area (Å²) in [6, 6.07) is 0.629. The predicted octanol–water partition coefficient (Wildman–Crippen LogP) is 4.16. The molecule has 0 spiro atoms. The Morgan fingerprint density at radius 3 is 2.57 bits per heavy atom. The van der Waals surface area contributed by atoms with Crippen LogP contribution in [0.25, 0.3) is 0 Å². The quantitative estimate of drug-likeness (QED) is 0.371. The molecular weight excluding hydrogens is 346 g/mol. The second kappa shape index (κ2) is 15.5. The van der Waals surface area contributed by atoms with Gasteiger partial charge >= 0.3 is 0 Å². The molecule has 4 N–H and O–H groups in total. The maximum absolute atomic E-state index is 7.24. The molecule has 0 heterocycles. The standard InChI is InChI=1S/C23H35N5/c1-26-18-20(8-6-16-24)12-14-22(27-2)15-13-21(9-7-17-25)19-28-23-10-4-3-5-11-23/h6-9,12-14,16-19,22-23,25,27H,3-5,10-11,15,24H2,1-2H3/b9-7-,14-12+,16-6-,20-8+,21-13+,25-17?,26-18?,28-19?/t22-/m0/s1. The van der Waals surface area contributed by atoms with Crippen molar-refractivity contribution in [1.29, 1.82) is 5.41 Å². The molecule has 152 valence electrons. The van der Waals surface area contributed by atoms with Crippen LogP contribution in [0.5, 0.6) is 0 Å². The number of allylic oxidation sites excluding steroid dienone is 7. The number of nitrogens with zero attached hydrogens (tertiary/aromatic N) is 2. The smallest absolute Gasteiger partial charge is 0.0499 e. The molecule has 5 heteroatoms. The van der Waals surface area contributed by atoms with Crippen molar-refractivity contribution in [2.75, 3.05) is 14.1 Å². The number of hydrogen-bond donors (Lipinski definition) is 3. The van der Waals surface area contributed by atoms with E-state index < -0.39 is 0 Å². The van der Waals surface area contributed by atoms with Crippen molar-refractivity contribution >= 4 is 18.6 Å². The third kappa shape index (κ3) is 10.6. The summed E-state index contributed by atoms with van der Waals surface area (Å²) in [6.45, 7) is 0. The summed E-state index contributed by atoms with van der Waals surface area (Å²) in [5.74, 6) is 0. The highest BCUT2D eigenvalue weighted by atomic mass is 14.9. The minimum absolute atomic E-state index is 0.182.